The smallest absolute Gasteiger partial charge is 0.101 e. The van der Waals surface area contributed by atoms with Crippen molar-refractivity contribution in [2.45, 2.75) is 18.5 Å². The Morgan fingerprint density at radius 3 is 3.14 bits per heavy atom. The van der Waals surface area contributed by atoms with Gasteiger partial charge in [-0.25, -0.2) is 4.98 Å². The number of thioether (sulfide) groups is 1. The van der Waals surface area contributed by atoms with Gasteiger partial charge in [-0.15, -0.1) is 11.8 Å². The van der Waals surface area contributed by atoms with Gasteiger partial charge in [0.15, 0.2) is 0 Å². The molecule has 0 atom stereocenters. The maximum absolute atomic E-state index is 8.73. The maximum atomic E-state index is 8.73. The van der Waals surface area contributed by atoms with Crippen molar-refractivity contribution in [3.05, 3.63) is 23.9 Å². The van der Waals surface area contributed by atoms with Gasteiger partial charge in [-0.05, 0) is 18.2 Å². The van der Waals surface area contributed by atoms with Crippen LogP contribution in [0.2, 0.25) is 0 Å². The molecule has 0 unspecified atom stereocenters. The normalized spacial score (nSPS) is 10.4. The number of pyridine rings is 1. The van der Waals surface area contributed by atoms with Gasteiger partial charge < -0.3 is 10.4 Å². The van der Waals surface area contributed by atoms with E-state index in [0.717, 1.165) is 18.1 Å². The molecule has 0 saturated carbocycles. The third-order valence-corrected chi connectivity index (χ3v) is 2.77. The van der Waals surface area contributed by atoms with Crippen LogP contribution in [0.15, 0.2) is 23.4 Å². The highest BCUT2D eigenvalue weighted by Gasteiger charge is 2.02. The average Bonchev–Trinajstić information content (AvgIpc) is 2.24. The van der Waals surface area contributed by atoms with Crippen molar-refractivity contribution >= 4 is 11.8 Å². The van der Waals surface area contributed by atoms with Gasteiger partial charge in [0, 0.05) is 18.5 Å². The molecule has 1 aromatic heterocycles. The lowest BCUT2D eigenvalue weighted by Gasteiger charge is -2.07. The Hall–Kier alpha value is -0.580. The average molecular weight is 212 g/mol. The van der Waals surface area contributed by atoms with Crippen LogP contribution in [0.25, 0.3) is 0 Å². The number of aliphatic hydroxyl groups is 1. The summed E-state index contributed by atoms with van der Waals surface area (Å²) < 4.78 is 0. The number of hydrogen-bond acceptors (Lipinski definition) is 4. The molecule has 0 bridgehead atoms. The molecule has 0 amide bonds. The van der Waals surface area contributed by atoms with E-state index in [1.165, 1.54) is 5.56 Å². The third kappa shape index (κ3) is 3.65. The highest BCUT2D eigenvalue weighted by molar-refractivity contribution is 7.99. The molecule has 0 fully saturated rings. The van der Waals surface area contributed by atoms with E-state index in [-0.39, 0.29) is 6.61 Å². The van der Waals surface area contributed by atoms with Crippen molar-refractivity contribution in [1.82, 2.24) is 10.3 Å². The van der Waals surface area contributed by atoms with E-state index in [4.69, 9.17) is 5.11 Å². The summed E-state index contributed by atoms with van der Waals surface area (Å²) in [6.45, 7) is 4.08. The van der Waals surface area contributed by atoms with Gasteiger partial charge in [-0.3, -0.25) is 0 Å². The lowest BCUT2D eigenvalue weighted by Crippen LogP contribution is -2.12. The summed E-state index contributed by atoms with van der Waals surface area (Å²) in [5, 5.41) is 13.0. The lowest BCUT2D eigenvalue weighted by atomic mass is 10.3. The van der Waals surface area contributed by atoms with Crippen molar-refractivity contribution in [3.63, 3.8) is 0 Å². The fraction of sp³-hybridized carbons (Fsp3) is 0.500. The van der Waals surface area contributed by atoms with E-state index in [1.807, 2.05) is 6.07 Å². The first-order chi connectivity index (χ1) is 6.88. The molecule has 0 spiro atoms. The summed E-state index contributed by atoms with van der Waals surface area (Å²) in [7, 11) is 0. The first kappa shape index (κ1) is 11.5. The molecular formula is C10H16N2OS. The molecule has 78 valence electrons. The van der Waals surface area contributed by atoms with Crippen molar-refractivity contribution in [3.8, 4) is 0 Å². The second kappa shape index (κ2) is 6.81. The molecule has 1 heterocycles. The molecule has 0 aliphatic heterocycles. The number of nitrogens with one attached hydrogen (secondary N) is 1. The Kier molecular flexibility index (Phi) is 5.59. The van der Waals surface area contributed by atoms with E-state index in [0.29, 0.717) is 5.75 Å². The summed E-state index contributed by atoms with van der Waals surface area (Å²) >= 11 is 1.60. The maximum Gasteiger partial charge on any atom is 0.101 e. The second-order valence-electron chi connectivity index (χ2n) is 2.82. The summed E-state index contributed by atoms with van der Waals surface area (Å²) in [6.07, 6.45) is 1.79. The molecule has 1 rings (SSSR count). The Labute approximate surface area is 88.9 Å². The monoisotopic (exact) mass is 212 g/mol. The minimum atomic E-state index is 0.196. The Bertz CT molecular complexity index is 241. The minimum Gasteiger partial charge on any atom is -0.396 e. The van der Waals surface area contributed by atoms with Gasteiger partial charge >= 0.3 is 0 Å². The van der Waals surface area contributed by atoms with Gasteiger partial charge in [0.25, 0.3) is 0 Å². The van der Waals surface area contributed by atoms with Crippen LogP contribution in [-0.2, 0) is 6.54 Å². The van der Waals surface area contributed by atoms with Crippen molar-refractivity contribution in [2.24, 2.45) is 0 Å². The fourth-order valence-electron chi connectivity index (χ4n) is 1.09. The zero-order valence-electron chi connectivity index (χ0n) is 8.36. The molecular weight excluding hydrogens is 196 g/mol. The molecule has 0 aliphatic carbocycles. The van der Waals surface area contributed by atoms with Crippen LogP contribution in [0, 0.1) is 0 Å². The molecule has 0 saturated heterocycles. The van der Waals surface area contributed by atoms with E-state index in [2.05, 4.69) is 23.3 Å². The van der Waals surface area contributed by atoms with Crippen LogP contribution in [0.4, 0.5) is 0 Å². The molecule has 4 heteroatoms. The van der Waals surface area contributed by atoms with E-state index >= 15 is 0 Å². The number of aliphatic hydroxyl groups excluding tert-OH is 1. The largest absolute Gasteiger partial charge is 0.396 e. The molecule has 2 N–H and O–H groups in total. The zero-order chi connectivity index (χ0) is 10.2. The third-order valence-electron chi connectivity index (χ3n) is 1.75. The van der Waals surface area contributed by atoms with Crippen LogP contribution in [-0.4, -0.2) is 29.0 Å². The van der Waals surface area contributed by atoms with E-state index in [1.54, 1.807) is 18.0 Å². The standard InChI is InChI=1S/C10H16N2OS/c1-2-11-8-9-4-3-5-12-10(9)14-7-6-13/h3-5,11,13H,2,6-8H2,1H3. The number of aromatic nitrogens is 1. The molecule has 0 radical (unpaired) electrons. The second-order valence-corrected chi connectivity index (χ2v) is 3.90. The lowest BCUT2D eigenvalue weighted by molar-refractivity contribution is 0.322. The Balaban J connectivity index is 2.60. The van der Waals surface area contributed by atoms with Crippen LogP contribution >= 0.6 is 11.8 Å². The van der Waals surface area contributed by atoms with Crippen LogP contribution in [0.3, 0.4) is 0 Å². The molecule has 1 aromatic rings. The van der Waals surface area contributed by atoms with Crippen LogP contribution in [0.5, 0.6) is 0 Å². The first-order valence-corrected chi connectivity index (χ1v) is 5.75. The highest BCUT2D eigenvalue weighted by atomic mass is 32.2. The van der Waals surface area contributed by atoms with Crippen LogP contribution < -0.4 is 5.32 Å². The summed E-state index contributed by atoms with van der Waals surface area (Å²) in [6, 6.07) is 4.01. The van der Waals surface area contributed by atoms with Gasteiger partial charge in [0.1, 0.15) is 5.03 Å². The molecule has 0 aliphatic rings. The quantitative estimate of drug-likeness (QED) is 0.697. The van der Waals surface area contributed by atoms with Gasteiger partial charge in [-0.2, -0.15) is 0 Å². The van der Waals surface area contributed by atoms with Gasteiger partial charge in [-0.1, -0.05) is 13.0 Å². The SMILES string of the molecule is CCNCc1cccnc1SCCO. The van der Waals surface area contributed by atoms with E-state index in [9.17, 15) is 0 Å². The fourth-order valence-corrected chi connectivity index (χ4v) is 1.84. The summed E-state index contributed by atoms with van der Waals surface area (Å²) in [4.78, 5) is 4.28. The van der Waals surface area contributed by atoms with Crippen molar-refractivity contribution in [2.75, 3.05) is 18.9 Å². The van der Waals surface area contributed by atoms with Gasteiger partial charge in [0.05, 0.1) is 6.61 Å². The molecule has 14 heavy (non-hydrogen) atoms. The predicted octanol–water partition coefficient (Wildman–Crippen LogP) is 1.28. The molecule has 0 aromatic carbocycles. The number of rotatable bonds is 6. The highest BCUT2D eigenvalue weighted by Crippen LogP contribution is 2.18. The first-order valence-electron chi connectivity index (χ1n) is 4.76. The summed E-state index contributed by atoms with van der Waals surface area (Å²) in [5.41, 5.74) is 1.20. The minimum absolute atomic E-state index is 0.196. The van der Waals surface area contributed by atoms with Crippen molar-refractivity contribution in [1.29, 1.82) is 0 Å². The summed E-state index contributed by atoms with van der Waals surface area (Å²) in [5.74, 6) is 0.705. The topological polar surface area (TPSA) is 45.2 Å². The Morgan fingerprint density at radius 2 is 2.43 bits per heavy atom. The van der Waals surface area contributed by atoms with Crippen LogP contribution in [0.1, 0.15) is 12.5 Å². The van der Waals surface area contributed by atoms with Gasteiger partial charge in [0.2, 0.25) is 0 Å². The number of hydrogen-bond donors (Lipinski definition) is 2. The Morgan fingerprint density at radius 1 is 1.57 bits per heavy atom. The zero-order valence-corrected chi connectivity index (χ0v) is 9.18. The predicted molar refractivity (Wildman–Crippen MR) is 59.4 cm³/mol. The van der Waals surface area contributed by atoms with E-state index < -0.39 is 0 Å². The molecule has 3 nitrogen and oxygen atoms in total. The van der Waals surface area contributed by atoms with Crippen molar-refractivity contribution < 1.29 is 5.11 Å². The number of nitrogens with zero attached hydrogens (tertiary/aromatic N) is 1.